The third kappa shape index (κ3) is 2.65. The Hall–Kier alpha value is -0.890. The van der Waals surface area contributed by atoms with E-state index >= 15 is 0 Å². The molecule has 3 saturated carbocycles. The van der Waals surface area contributed by atoms with Crippen molar-refractivity contribution in [2.75, 3.05) is 6.61 Å². The second kappa shape index (κ2) is 6.61. The second-order valence-electron chi connectivity index (χ2n) is 14.4. The lowest BCUT2D eigenvalue weighted by molar-refractivity contribution is -0.189. The summed E-state index contributed by atoms with van der Waals surface area (Å²) in [5.74, 6) is 1.86. The van der Waals surface area contributed by atoms with Crippen molar-refractivity contribution in [3.05, 3.63) is 23.8 Å². The van der Waals surface area contributed by atoms with Crippen LogP contribution in [-0.4, -0.2) is 17.5 Å². The molecule has 0 aromatic rings. The minimum atomic E-state index is -0.553. The van der Waals surface area contributed by atoms with Crippen molar-refractivity contribution in [3.8, 4) is 0 Å². The monoisotopic (exact) mass is 438 g/mol. The molecule has 1 N–H and O–H groups in total. The predicted molar refractivity (Wildman–Crippen MR) is 131 cm³/mol. The minimum absolute atomic E-state index is 0.00965. The van der Waals surface area contributed by atoms with Gasteiger partial charge in [0.25, 0.3) is 0 Å². The molecule has 5 rings (SSSR count). The molecule has 0 aromatic carbocycles. The van der Waals surface area contributed by atoms with Gasteiger partial charge in [-0.25, -0.2) is 0 Å². The summed E-state index contributed by atoms with van der Waals surface area (Å²) in [6.45, 7) is 17.1. The Morgan fingerprint density at radius 1 is 0.938 bits per heavy atom. The maximum atomic E-state index is 13.0. The van der Waals surface area contributed by atoms with E-state index in [1.54, 1.807) is 5.57 Å². The lowest BCUT2D eigenvalue weighted by atomic mass is 9.34. The summed E-state index contributed by atoms with van der Waals surface area (Å²) in [6.07, 6.45) is 16.6. The molecular weight excluding hydrogens is 392 g/mol. The van der Waals surface area contributed by atoms with E-state index in [-0.39, 0.29) is 28.3 Å². The summed E-state index contributed by atoms with van der Waals surface area (Å²) < 4.78 is 0. The average molecular weight is 439 g/mol. The Morgan fingerprint density at radius 3 is 2.34 bits per heavy atom. The highest BCUT2D eigenvalue weighted by atomic mass is 16.3. The van der Waals surface area contributed by atoms with Crippen LogP contribution >= 0.6 is 0 Å². The number of hydrogen-bond donors (Lipinski definition) is 1. The van der Waals surface area contributed by atoms with Crippen LogP contribution < -0.4 is 0 Å². The van der Waals surface area contributed by atoms with Crippen molar-refractivity contribution in [2.45, 2.75) is 99.8 Å². The highest BCUT2D eigenvalue weighted by Crippen LogP contribution is 2.74. The van der Waals surface area contributed by atoms with Crippen molar-refractivity contribution in [2.24, 2.45) is 50.2 Å². The number of carbonyl (C=O) groups excluding carboxylic acids is 1. The quantitative estimate of drug-likeness (QED) is 0.442. The van der Waals surface area contributed by atoms with E-state index in [1.165, 1.54) is 25.7 Å². The lowest BCUT2D eigenvalue weighted by Gasteiger charge is -2.70. The van der Waals surface area contributed by atoms with Crippen LogP contribution in [0.4, 0.5) is 0 Å². The van der Waals surface area contributed by atoms with Crippen LogP contribution in [0.25, 0.3) is 0 Å². The summed E-state index contributed by atoms with van der Waals surface area (Å²) in [5, 5.41) is 10.3. The van der Waals surface area contributed by atoms with Gasteiger partial charge in [0.15, 0.2) is 0 Å². The Labute approximate surface area is 196 Å². The fraction of sp³-hybridized carbons (Fsp3) is 0.833. The van der Waals surface area contributed by atoms with Gasteiger partial charge in [0, 0.05) is 6.42 Å². The molecule has 2 heteroatoms. The summed E-state index contributed by atoms with van der Waals surface area (Å²) in [6, 6.07) is 0. The van der Waals surface area contributed by atoms with E-state index in [2.05, 4.69) is 66.7 Å². The van der Waals surface area contributed by atoms with E-state index in [4.69, 9.17) is 0 Å². The van der Waals surface area contributed by atoms with Crippen LogP contribution in [-0.2, 0) is 4.79 Å². The number of aliphatic hydroxyl groups excluding tert-OH is 1. The van der Waals surface area contributed by atoms with Crippen LogP contribution in [0.15, 0.2) is 23.8 Å². The van der Waals surface area contributed by atoms with Crippen LogP contribution in [0.3, 0.4) is 0 Å². The standard InChI is InChI=1S/C30H46O2/c1-25(2)14-15-26(3)16-17-29(6)20(21(26)18-25)8-9-23-27(4)12-11-24(32)28(5,19-31)22(27)10-13-30(23,29)7/h8,14-15,21-23,31H,9-13,16-19H2,1-7H3/t21-,22?,23+,26+,27-,28+,29+,30+/m0/s1. The second-order valence-corrected chi connectivity index (χ2v) is 14.4. The Kier molecular flexibility index (Phi) is 4.73. The molecule has 5 aliphatic carbocycles. The van der Waals surface area contributed by atoms with Crippen molar-refractivity contribution in [3.63, 3.8) is 0 Å². The number of hydrogen-bond acceptors (Lipinski definition) is 2. The number of carbonyl (C=O) groups is 1. The number of Topliss-reactive ketones (excluding diaryl/α,β-unsaturated/α-hetero) is 1. The third-order valence-corrected chi connectivity index (χ3v) is 12.4. The first-order valence-electron chi connectivity index (χ1n) is 13.3. The minimum Gasteiger partial charge on any atom is -0.395 e. The average Bonchev–Trinajstić information content (AvgIpc) is 2.73. The van der Waals surface area contributed by atoms with Crippen LogP contribution in [0.2, 0.25) is 0 Å². The van der Waals surface area contributed by atoms with Crippen molar-refractivity contribution >= 4 is 5.78 Å². The molecule has 0 amide bonds. The van der Waals surface area contributed by atoms with Gasteiger partial charge >= 0.3 is 0 Å². The van der Waals surface area contributed by atoms with Crippen molar-refractivity contribution in [1.82, 2.24) is 0 Å². The Bertz CT molecular complexity index is 897. The van der Waals surface area contributed by atoms with Gasteiger partial charge in [0.05, 0.1) is 12.0 Å². The number of ketones is 1. The zero-order chi connectivity index (χ0) is 23.4. The molecule has 0 aliphatic heterocycles. The van der Waals surface area contributed by atoms with Gasteiger partial charge in [0.2, 0.25) is 0 Å². The smallest absolute Gasteiger partial charge is 0.141 e. The van der Waals surface area contributed by atoms with Gasteiger partial charge in [-0.3, -0.25) is 4.79 Å². The van der Waals surface area contributed by atoms with Crippen LogP contribution in [0, 0.1) is 50.2 Å². The van der Waals surface area contributed by atoms with Crippen LogP contribution in [0.5, 0.6) is 0 Å². The first-order valence-corrected chi connectivity index (χ1v) is 13.3. The maximum Gasteiger partial charge on any atom is 0.141 e. The fourth-order valence-corrected chi connectivity index (χ4v) is 9.92. The topological polar surface area (TPSA) is 37.3 Å². The zero-order valence-electron chi connectivity index (χ0n) is 21.7. The van der Waals surface area contributed by atoms with E-state index in [1.807, 2.05) is 0 Å². The van der Waals surface area contributed by atoms with Gasteiger partial charge in [-0.05, 0) is 89.8 Å². The van der Waals surface area contributed by atoms with E-state index in [9.17, 15) is 9.90 Å². The largest absolute Gasteiger partial charge is 0.395 e. The zero-order valence-corrected chi connectivity index (χ0v) is 21.7. The van der Waals surface area contributed by atoms with E-state index < -0.39 is 5.41 Å². The maximum absolute atomic E-state index is 13.0. The van der Waals surface area contributed by atoms with Gasteiger partial charge in [0.1, 0.15) is 5.78 Å². The molecule has 0 spiro atoms. The first-order chi connectivity index (χ1) is 14.8. The molecule has 0 heterocycles. The Balaban J connectivity index is 1.59. The van der Waals surface area contributed by atoms with Gasteiger partial charge < -0.3 is 5.11 Å². The molecule has 5 aliphatic rings. The molecule has 0 radical (unpaired) electrons. The highest BCUT2D eigenvalue weighted by molar-refractivity contribution is 5.86. The van der Waals surface area contributed by atoms with E-state index in [0.717, 1.165) is 19.3 Å². The lowest BCUT2D eigenvalue weighted by Crippen LogP contribution is -2.64. The normalized spacial score (nSPS) is 54.1. The molecule has 1 unspecified atom stereocenters. The molecule has 178 valence electrons. The Morgan fingerprint density at radius 2 is 1.66 bits per heavy atom. The summed E-state index contributed by atoms with van der Waals surface area (Å²) in [5.41, 5.74) is 2.44. The predicted octanol–water partition coefficient (Wildman–Crippen LogP) is 7.13. The van der Waals surface area contributed by atoms with Gasteiger partial charge in [-0.15, -0.1) is 0 Å². The number of allylic oxidation sites excluding steroid dienone is 4. The van der Waals surface area contributed by atoms with Gasteiger partial charge in [-0.2, -0.15) is 0 Å². The summed E-state index contributed by atoms with van der Waals surface area (Å²) in [7, 11) is 0. The van der Waals surface area contributed by atoms with E-state index in [0.29, 0.717) is 35.4 Å². The van der Waals surface area contributed by atoms with Crippen LogP contribution in [0.1, 0.15) is 99.8 Å². The molecule has 32 heavy (non-hydrogen) atoms. The molecule has 0 saturated heterocycles. The molecule has 3 fully saturated rings. The number of aliphatic hydroxyl groups is 1. The fourth-order valence-electron chi connectivity index (χ4n) is 9.92. The SMILES string of the molecule is CC1(C)C=C[C@]2(C)CC[C@]3(C)C(=CC[C@@H]4[C@@]5(C)CCC(=O)[C@](C)(CO)C5CC[C@]43C)[C@@H]2C1. The van der Waals surface area contributed by atoms with Crippen molar-refractivity contribution < 1.29 is 9.90 Å². The molecule has 2 nitrogen and oxygen atoms in total. The number of rotatable bonds is 1. The summed E-state index contributed by atoms with van der Waals surface area (Å²) >= 11 is 0. The molecule has 8 atom stereocenters. The van der Waals surface area contributed by atoms with Crippen molar-refractivity contribution in [1.29, 1.82) is 0 Å². The third-order valence-electron chi connectivity index (χ3n) is 12.4. The molecule has 0 aromatic heterocycles. The molecule has 0 bridgehead atoms. The molecular formula is C30H46O2. The van der Waals surface area contributed by atoms with Gasteiger partial charge in [-0.1, -0.05) is 72.3 Å². The number of fused-ring (bicyclic) bond motifs is 7. The first kappa shape index (κ1) is 22.9. The highest BCUT2D eigenvalue weighted by Gasteiger charge is 2.68. The summed E-state index contributed by atoms with van der Waals surface area (Å²) in [4.78, 5) is 13.0.